The van der Waals surface area contributed by atoms with E-state index in [1.807, 2.05) is 37.8 Å². The zero-order chi connectivity index (χ0) is 24.8. The summed E-state index contributed by atoms with van der Waals surface area (Å²) < 4.78 is 9.05. The maximum atomic E-state index is 11.2. The molecule has 0 amide bonds. The van der Waals surface area contributed by atoms with Gasteiger partial charge >= 0.3 is 17.9 Å². The van der Waals surface area contributed by atoms with Crippen molar-refractivity contribution < 1.29 is 29.0 Å². The lowest BCUT2D eigenvalue weighted by Gasteiger charge is -2.31. The summed E-state index contributed by atoms with van der Waals surface area (Å²) in [6, 6.07) is 0. The fraction of sp³-hybridized carbons (Fsp3) is 0.591. The van der Waals surface area contributed by atoms with Gasteiger partial charge in [0.2, 0.25) is 0 Å². The first-order chi connectivity index (χ1) is 14.6. The Bertz CT molecular complexity index is 570. The molecule has 187 valence electrons. The molecule has 10 heteroatoms. The van der Waals surface area contributed by atoms with Crippen LogP contribution in [-0.2, 0) is 23.9 Å². The lowest BCUT2D eigenvalue weighted by molar-refractivity contribution is -0.138. The number of halogens is 1. The van der Waals surface area contributed by atoms with Crippen LogP contribution in [0.2, 0.25) is 0 Å². The van der Waals surface area contributed by atoms with Crippen molar-refractivity contribution in [3.05, 3.63) is 37.0 Å². The number of carbonyl (C=O) groups excluding carboxylic acids is 2. The third kappa shape index (κ3) is 21.0. The van der Waals surface area contributed by atoms with Crippen molar-refractivity contribution in [3.8, 4) is 0 Å². The minimum Gasteiger partial charge on any atom is -0.478 e. The van der Waals surface area contributed by atoms with E-state index in [2.05, 4.69) is 34.6 Å². The fourth-order valence-corrected chi connectivity index (χ4v) is 1.95. The second-order valence-corrected chi connectivity index (χ2v) is 5.84. The van der Waals surface area contributed by atoms with Gasteiger partial charge in [-0.15, -0.1) is 17.8 Å². The molecule has 1 N–H and O–H groups in total. The van der Waals surface area contributed by atoms with Crippen molar-refractivity contribution in [1.29, 1.82) is 0 Å². The molecule has 0 saturated heterocycles. The van der Waals surface area contributed by atoms with E-state index in [0.717, 1.165) is 32.1 Å². The molecule has 0 aromatic carbocycles. The molecule has 0 aliphatic heterocycles. The minimum absolute atomic E-state index is 0. The fourth-order valence-electron chi connectivity index (χ4n) is 1.95. The zero-order valence-corrected chi connectivity index (χ0v) is 21.2. The van der Waals surface area contributed by atoms with Gasteiger partial charge in [-0.3, -0.25) is 0 Å². The van der Waals surface area contributed by atoms with Gasteiger partial charge in [0.05, 0.1) is 13.7 Å². The van der Waals surface area contributed by atoms with Crippen molar-refractivity contribution >= 4 is 30.3 Å². The number of carboxylic acid groups (broad SMARTS) is 1. The standard InChI is InChI=1S/C11H22N3O2.C6H10O2.C5H8O2.ClH/c1-6-12-14(8-3)13(7-2)9-10(4)11(15)16-5;1-3-4-5(2)6(7)8;1-3-5(6)7-4-2;/h4,6-9H2,1-3,5H3;2-4H2,1H3,(H,7,8);3H,1,4H2,2H3;1H. The lowest BCUT2D eigenvalue weighted by atomic mass is 10.2. The van der Waals surface area contributed by atoms with Gasteiger partial charge in [-0.25, -0.2) is 19.4 Å². The predicted octanol–water partition coefficient (Wildman–Crippen LogP) is 3.40. The number of rotatable bonds is 13. The molecule has 0 aliphatic carbocycles. The van der Waals surface area contributed by atoms with E-state index in [1.54, 1.807) is 6.92 Å². The number of hydrazine groups is 1. The van der Waals surface area contributed by atoms with Crippen molar-refractivity contribution in [2.75, 3.05) is 39.9 Å². The number of carboxylic acids is 1. The molecule has 0 rings (SSSR count). The van der Waals surface area contributed by atoms with Gasteiger partial charge in [-0.1, -0.05) is 40.0 Å². The number of esters is 2. The van der Waals surface area contributed by atoms with E-state index in [9.17, 15) is 14.4 Å². The molecular formula is C22H41ClN3O6. The molecule has 0 aromatic heterocycles. The van der Waals surface area contributed by atoms with Crippen LogP contribution in [0, 0.1) is 0 Å². The average Bonchev–Trinajstić information content (AvgIpc) is 2.76. The van der Waals surface area contributed by atoms with E-state index in [-0.39, 0.29) is 24.3 Å². The van der Waals surface area contributed by atoms with Crippen LogP contribution in [0.5, 0.6) is 0 Å². The Kier molecular flexibility index (Phi) is 29.1. The zero-order valence-electron chi connectivity index (χ0n) is 20.4. The van der Waals surface area contributed by atoms with Crippen molar-refractivity contribution in [3.63, 3.8) is 0 Å². The Morgan fingerprint density at radius 1 is 1.03 bits per heavy atom. The number of ether oxygens (including phenoxy) is 2. The van der Waals surface area contributed by atoms with Gasteiger partial charge in [0.15, 0.2) is 0 Å². The summed E-state index contributed by atoms with van der Waals surface area (Å²) in [5.74, 6) is -1.61. The Morgan fingerprint density at radius 3 is 1.84 bits per heavy atom. The molecule has 1 radical (unpaired) electrons. The summed E-state index contributed by atoms with van der Waals surface area (Å²) in [6.07, 6.45) is 2.59. The SMILES string of the molecule is C=C(CCC)C(=O)O.C=C(CN(CC)N(CC)[N]CC)C(=O)OC.C=CC(=O)OCC.Cl. The molecular weight excluding hydrogens is 438 g/mol. The Hall–Kier alpha value is -2.20. The summed E-state index contributed by atoms with van der Waals surface area (Å²) in [6.45, 7) is 23.1. The monoisotopic (exact) mass is 478 g/mol. The molecule has 0 heterocycles. The molecule has 0 saturated carbocycles. The first-order valence-corrected chi connectivity index (χ1v) is 10.3. The molecule has 0 unspecified atom stereocenters. The van der Waals surface area contributed by atoms with Gasteiger partial charge in [0.25, 0.3) is 0 Å². The number of aliphatic carboxylic acids is 1. The summed E-state index contributed by atoms with van der Waals surface area (Å²) in [7, 11) is 1.36. The van der Waals surface area contributed by atoms with Crippen LogP contribution in [0.25, 0.3) is 0 Å². The molecule has 32 heavy (non-hydrogen) atoms. The van der Waals surface area contributed by atoms with Crippen molar-refractivity contribution in [1.82, 2.24) is 15.6 Å². The van der Waals surface area contributed by atoms with Gasteiger partial charge in [0.1, 0.15) is 0 Å². The van der Waals surface area contributed by atoms with Crippen LogP contribution in [0.3, 0.4) is 0 Å². The lowest BCUT2D eigenvalue weighted by Crippen LogP contribution is -2.48. The highest BCUT2D eigenvalue weighted by molar-refractivity contribution is 5.88. The predicted molar refractivity (Wildman–Crippen MR) is 129 cm³/mol. The highest BCUT2D eigenvalue weighted by Crippen LogP contribution is 2.02. The van der Waals surface area contributed by atoms with Crippen LogP contribution < -0.4 is 5.43 Å². The van der Waals surface area contributed by atoms with E-state index in [1.165, 1.54) is 7.11 Å². The Labute approximate surface area is 199 Å². The van der Waals surface area contributed by atoms with Crippen LogP contribution in [-0.4, -0.2) is 73.0 Å². The van der Waals surface area contributed by atoms with E-state index in [4.69, 9.17) is 5.11 Å². The van der Waals surface area contributed by atoms with Gasteiger partial charge in [0, 0.05) is 43.4 Å². The second kappa shape index (κ2) is 25.1. The third-order valence-electron chi connectivity index (χ3n) is 3.43. The molecule has 0 aromatic rings. The summed E-state index contributed by atoms with van der Waals surface area (Å²) in [4.78, 5) is 31.3. The van der Waals surface area contributed by atoms with Crippen LogP contribution >= 0.6 is 12.4 Å². The summed E-state index contributed by atoms with van der Waals surface area (Å²) >= 11 is 0. The van der Waals surface area contributed by atoms with Crippen molar-refractivity contribution in [2.45, 2.75) is 47.5 Å². The van der Waals surface area contributed by atoms with Gasteiger partial charge < -0.3 is 14.6 Å². The topological polar surface area (TPSA) is 110 Å². The Balaban J connectivity index is -0.000000206. The normalized spacial score (nSPS) is 9.25. The maximum absolute atomic E-state index is 11.2. The second-order valence-electron chi connectivity index (χ2n) is 5.84. The molecule has 0 bridgehead atoms. The van der Waals surface area contributed by atoms with Gasteiger partial charge in [-0.05, 0) is 27.2 Å². The molecule has 0 atom stereocenters. The smallest absolute Gasteiger partial charge is 0.334 e. The highest BCUT2D eigenvalue weighted by Gasteiger charge is 2.16. The first kappa shape index (κ1) is 37.1. The van der Waals surface area contributed by atoms with Crippen LogP contribution in [0.4, 0.5) is 0 Å². The molecule has 0 aliphatic rings. The number of hydrogen-bond acceptors (Lipinski definition) is 7. The molecule has 0 spiro atoms. The maximum Gasteiger partial charge on any atom is 0.334 e. The van der Waals surface area contributed by atoms with Crippen LogP contribution in [0.15, 0.2) is 37.0 Å². The minimum atomic E-state index is -0.883. The first-order valence-electron chi connectivity index (χ1n) is 10.3. The summed E-state index contributed by atoms with van der Waals surface area (Å²) in [5.41, 5.74) is 5.06. The number of carbonyl (C=O) groups is 3. The largest absolute Gasteiger partial charge is 0.478 e. The molecule has 0 fully saturated rings. The van der Waals surface area contributed by atoms with Gasteiger partial charge in [-0.2, -0.15) is 5.12 Å². The van der Waals surface area contributed by atoms with E-state index >= 15 is 0 Å². The highest BCUT2D eigenvalue weighted by atomic mass is 35.5. The van der Waals surface area contributed by atoms with Crippen molar-refractivity contribution in [2.24, 2.45) is 0 Å². The third-order valence-corrected chi connectivity index (χ3v) is 3.43. The quantitative estimate of drug-likeness (QED) is 0.243. The summed E-state index contributed by atoms with van der Waals surface area (Å²) in [5, 5.41) is 12.0. The Morgan fingerprint density at radius 2 is 1.59 bits per heavy atom. The van der Waals surface area contributed by atoms with E-state index in [0.29, 0.717) is 30.7 Å². The van der Waals surface area contributed by atoms with Crippen LogP contribution in [0.1, 0.15) is 47.5 Å². The number of nitrogens with zero attached hydrogens (tertiary/aromatic N) is 3. The van der Waals surface area contributed by atoms with E-state index < -0.39 is 5.97 Å². The number of likely N-dealkylation sites (N-methyl/N-ethyl adjacent to an activating group) is 1. The average molecular weight is 479 g/mol. The number of methoxy groups -OCH3 is 1. The molecule has 9 nitrogen and oxygen atoms in total. The number of hydrogen-bond donors (Lipinski definition) is 1.